The Morgan fingerprint density at radius 1 is 1.11 bits per heavy atom. The molecule has 2 aliphatic rings. The number of nitrogens with zero attached hydrogens (tertiary/aromatic N) is 2. The number of hydrogen-bond donors (Lipinski definition) is 0. The van der Waals surface area contributed by atoms with Gasteiger partial charge < -0.3 is 9.64 Å². The molecule has 0 spiro atoms. The summed E-state index contributed by atoms with van der Waals surface area (Å²) in [6.07, 6.45) is 8.92. The van der Waals surface area contributed by atoms with E-state index in [1.165, 1.54) is 45.1 Å². The maximum atomic E-state index is 8.75. The molecule has 1 aliphatic carbocycles. The Balaban J connectivity index is 1.70. The summed E-state index contributed by atoms with van der Waals surface area (Å²) in [7, 11) is 0. The maximum absolute atomic E-state index is 8.75. The van der Waals surface area contributed by atoms with Crippen LogP contribution in [0.15, 0.2) is 0 Å². The molecule has 102 valence electrons. The van der Waals surface area contributed by atoms with Crippen molar-refractivity contribution >= 4 is 0 Å². The summed E-state index contributed by atoms with van der Waals surface area (Å²) in [5, 5.41) is 8.75. The second-order valence-corrected chi connectivity index (χ2v) is 5.88. The van der Waals surface area contributed by atoms with Crippen LogP contribution in [0.2, 0.25) is 0 Å². The van der Waals surface area contributed by atoms with E-state index < -0.39 is 0 Å². The Hall–Kier alpha value is -0.590. The molecule has 0 radical (unpaired) electrons. The van der Waals surface area contributed by atoms with Crippen LogP contribution in [0.5, 0.6) is 0 Å². The molecule has 0 aromatic rings. The molecule has 3 nitrogen and oxygen atoms in total. The monoisotopic (exact) mass is 250 g/mol. The minimum Gasteiger partial charge on any atom is -0.381 e. The molecule has 1 saturated heterocycles. The van der Waals surface area contributed by atoms with Crippen LogP contribution >= 0.6 is 0 Å². The highest BCUT2D eigenvalue weighted by molar-refractivity contribution is 4.77. The normalized spacial score (nSPS) is 24.8. The molecule has 2 fully saturated rings. The predicted molar refractivity (Wildman–Crippen MR) is 72.2 cm³/mol. The van der Waals surface area contributed by atoms with Crippen LogP contribution in [0.4, 0.5) is 0 Å². The summed E-state index contributed by atoms with van der Waals surface area (Å²) >= 11 is 0. The van der Waals surface area contributed by atoms with Crippen LogP contribution in [0.25, 0.3) is 0 Å². The summed E-state index contributed by atoms with van der Waals surface area (Å²) in [6, 6.07) is 2.28. The fourth-order valence-electron chi connectivity index (χ4n) is 3.26. The first-order valence-electron chi connectivity index (χ1n) is 7.55. The van der Waals surface area contributed by atoms with Crippen molar-refractivity contribution in [1.82, 2.24) is 4.90 Å². The highest BCUT2D eigenvalue weighted by Gasteiger charge is 2.21. The third kappa shape index (κ3) is 4.59. The highest BCUT2D eigenvalue weighted by atomic mass is 16.5. The molecule has 0 aromatic heterocycles. The van der Waals surface area contributed by atoms with Crippen molar-refractivity contribution < 1.29 is 4.74 Å². The van der Waals surface area contributed by atoms with E-state index in [1.807, 2.05) is 0 Å². The van der Waals surface area contributed by atoms with Crippen molar-refractivity contribution in [1.29, 1.82) is 5.26 Å². The predicted octanol–water partition coefficient (Wildman–Crippen LogP) is 2.82. The molecule has 1 atom stereocenters. The molecule has 0 unspecified atom stereocenters. The van der Waals surface area contributed by atoms with Gasteiger partial charge in [0, 0.05) is 26.1 Å². The fraction of sp³-hybridized carbons (Fsp3) is 0.933. The zero-order valence-electron chi connectivity index (χ0n) is 11.4. The van der Waals surface area contributed by atoms with Gasteiger partial charge in [0.15, 0.2) is 0 Å². The summed E-state index contributed by atoms with van der Waals surface area (Å²) in [5.41, 5.74) is 0. The first-order chi connectivity index (χ1) is 8.88. The summed E-state index contributed by atoms with van der Waals surface area (Å²) in [5.74, 6) is 1.65. The number of rotatable bonds is 7. The van der Waals surface area contributed by atoms with E-state index in [0.717, 1.165) is 32.2 Å². The topological polar surface area (TPSA) is 36.3 Å². The van der Waals surface area contributed by atoms with Gasteiger partial charge in [-0.25, -0.2) is 0 Å². The van der Waals surface area contributed by atoms with Gasteiger partial charge >= 0.3 is 0 Å². The maximum Gasteiger partial charge on any atom is 0.0635 e. The molecule has 0 aromatic carbocycles. The second kappa shape index (κ2) is 7.76. The van der Waals surface area contributed by atoms with Gasteiger partial charge in [-0.1, -0.05) is 25.7 Å². The first-order valence-corrected chi connectivity index (χ1v) is 7.55. The largest absolute Gasteiger partial charge is 0.381 e. The third-order valence-electron chi connectivity index (χ3n) is 4.41. The molecule has 0 N–H and O–H groups in total. The van der Waals surface area contributed by atoms with Crippen LogP contribution in [-0.2, 0) is 4.74 Å². The van der Waals surface area contributed by atoms with E-state index in [9.17, 15) is 0 Å². The number of hydrogen-bond acceptors (Lipinski definition) is 3. The van der Waals surface area contributed by atoms with E-state index in [2.05, 4.69) is 11.0 Å². The SMILES string of the molecule is N#CCCN(CCC1CCCC1)C[C@H]1CCOC1. The average Bonchev–Trinajstić information content (AvgIpc) is 3.05. The first kappa shape index (κ1) is 13.8. The standard InChI is InChI=1S/C15H26N2O/c16-8-3-9-17(12-15-7-11-18-13-15)10-6-14-4-1-2-5-14/h14-15H,1-7,9-13H2/t15-/m1/s1. The highest BCUT2D eigenvalue weighted by Crippen LogP contribution is 2.27. The van der Waals surface area contributed by atoms with E-state index >= 15 is 0 Å². The quantitative estimate of drug-likeness (QED) is 0.697. The molecule has 1 heterocycles. The van der Waals surface area contributed by atoms with Crippen LogP contribution in [-0.4, -0.2) is 37.7 Å². The summed E-state index contributed by atoms with van der Waals surface area (Å²) in [6.45, 7) is 5.11. The second-order valence-electron chi connectivity index (χ2n) is 5.88. The zero-order chi connectivity index (χ0) is 12.6. The van der Waals surface area contributed by atoms with Gasteiger partial charge in [0.1, 0.15) is 0 Å². The lowest BCUT2D eigenvalue weighted by atomic mass is 10.0. The zero-order valence-corrected chi connectivity index (χ0v) is 11.4. The fourth-order valence-corrected chi connectivity index (χ4v) is 3.26. The van der Waals surface area contributed by atoms with Crippen molar-refractivity contribution in [2.24, 2.45) is 11.8 Å². The van der Waals surface area contributed by atoms with Crippen molar-refractivity contribution in [2.75, 3.05) is 32.8 Å². The van der Waals surface area contributed by atoms with E-state index in [1.54, 1.807) is 0 Å². The Labute approximate surface area is 111 Å². The van der Waals surface area contributed by atoms with E-state index in [4.69, 9.17) is 10.00 Å². The minimum absolute atomic E-state index is 0.665. The van der Waals surface area contributed by atoms with Crippen LogP contribution in [0, 0.1) is 23.2 Å². The molecule has 18 heavy (non-hydrogen) atoms. The van der Waals surface area contributed by atoms with Gasteiger partial charge in [0.05, 0.1) is 12.7 Å². The van der Waals surface area contributed by atoms with Gasteiger partial charge in [-0.15, -0.1) is 0 Å². The average molecular weight is 250 g/mol. The van der Waals surface area contributed by atoms with Gasteiger partial charge in [-0.05, 0) is 31.2 Å². The molecule has 0 bridgehead atoms. The lowest BCUT2D eigenvalue weighted by molar-refractivity contribution is 0.164. The summed E-state index contributed by atoms with van der Waals surface area (Å²) < 4.78 is 5.45. The smallest absolute Gasteiger partial charge is 0.0635 e. The molecule has 0 amide bonds. The molecule has 1 saturated carbocycles. The molecule has 2 rings (SSSR count). The lowest BCUT2D eigenvalue weighted by Crippen LogP contribution is -2.32. The van der Waals surface area contributed by atoms with E-state index in [0.29, 0.717) is 12.3 Å². The number of nitriles is 1. The Morgan fingerprint density at radius 3 is 2.61 bits per heavy atom. The van der Waals surface area contributed by atoms with Gasteiger partial charge in [0.2, 0.25) is 0 Å². The Bertz CT molecular complexity index is 262. The van der Waals surface area contributed by atoms with Crippen LogP contribution in [0.3, 0.4) is 0 Å². The van der Waals surface area contributed by atoms with Gasteiger partial charge in [0.25, 0.3) is 0 Å². The molecule has 3 heteroatoms. The van der Waals surface area contributed by atoms with E-state index in [-0.39, 0.29) is 0 Å². The van der Waals surface area contributed by atoms with Gasteiger partial charge in [-0.3, -0.25) is 0 Å². The van der Waals surface area contributed by atoms with Crippen LogP contribution < -0.4 is 0 Å². The molecule has 1 aliphatic heterocycles. The van der Waals surface area contributed by atoms with Crippen LogP contribution in [0.1, 0.15) is 44.9 Å². The van der Waals surface area contributed by atoms with Gasteiger partial charge in [-0.2, -0.15) is 5.26 Å². The van der Waals surface area contributed by atoms with Crippen molar-refractivity contribution in [2.45, 2.75) is 44.9 Å². The molecular weight excluding hydrogens is 224 g/mol. The summed E-state index contributed by atoms with van der Waals surface area (Å²) in [4.78, 5) is 2.50. The third-order valence-corrected chi connectivity index (χ3v) is 4.41. The Kier molecular flexibility index (Phi) is 5.96. The van der Waals surface area contributed by atoms with Crippen molar-refractivity contribution in [3.63, 3.8) is 0 Å². The lowest BCUT2D eigenvalue weighted by Gasteiger charge is -2.25. The minimum atomic E-state index is 0.665. The van der Waals surface area contributed by atoms with Crippen molar-refractivity contribution in [3.05, 3.63) is 0 Å². The molecular formula is C15H26N2O. The Morgan fingerprint density at radius 2 is 1.94 bits per heavy atom. The van der Waals surface area contributed by atoms with Crippen molar-refractivity contribution in [3.8, 4) is 6.07 Å². The number of ether oxygens (including phenoxy) is 1.